The van der Waals surface area contributed by atoms with Crippen LogP contribution < -0.4 is 0 Å². The highest BCUT2D eigenvalue weighted by Crippen LogP contribution is 2.22. The van der Waals surface area contributed by atoms with E-state index >= 15 is 0 Å². The minimum Gasteiger partial charge on any atom is -0.344 e. The summed E-state index contributed by atoms with van der Waals surface area (Å²) >= 11 is 0. The number of hydrogen-bond donors (Lipinski definition) is 0. The third kappa shape index (κ3) is 3.58. The highest BCUT2D eigenvalue weighted by Gasteiger charge is 2.15. The van der Waals surface area contributed by atoms with Crippen LogP contribution >= 0.6 is 0 Å². The van der Waals surface area contributed by atoms with Gasteiger partial charge in [0.1, 0.15) is 0 Å². The van der Waals surface area contributed by atoms with E-state index in [1.165, 1.54) is 16.8 Å². The Bertz CT molecular complexity index is 892. The minimum absolute atomic E-state index is 0.841. The van der Waals surface area contributed by atoms with E-state index in [0.29, 0.717) is 0 Å². The lowest BCUT2D eigenvalue weighted by Crippen LogP contribution is -2.12. The molecule has 0 radical (unpaired) electrons. The van der Waals surface area contributed by atoms with Crippen molar-refractivity contribution in [1.29, 1.82) is 0 Å². The summed E-state index contributed by atoms with van der Waals surface area (Å²) in [5, 5.41) is 0. The van der Waals surface area contributed by atoms with E-state index in [9.17, 15) is 0 Å². The third-order valence-corrected chi connectivity index (χ3v) is 4.40. The molecule has 4 heterocycles. The molecular formula is C21H20N4. The van der Waals surface area contributed by atoms with Crippen molar-refractivity contribution in [3.8, 4) is 0 Å². The van der Waals surface area contributed by atoms with Crippen molar-refractivity contribution >= 4 is 11.8 Å². The maximum Gasteiger partial charge on any atom is 0.0694 e. The van der Waals surface area contributed by atoms with Gasteiger partial charge in [-0.2, -0.15) is 0 Å². The van der Waals surface area contributed by atoms with Crippen molar-refractivity contribution in [2.45, 2.75) is 19.4 Å². The maximum absolute atomic E-state index is 4.77. The van der Waals surface area contributed by atoms with Crippen LogP contribution in [0.4, 0.5) is 0 Å². The summed E-state index contributed by atoms with van der Waals surface area (Å²) < 4.78 is 2.26. The van der Waals surface area contributed by atoms with Crippen LogP contribution in [-0.4, -0.2) is 26.8 Å². The van der Waals surface area contributed by atoms with E-state index in [1.807, 2.05) is 24.7 Å². The summed E-state index contributed by atoms with van der Waals surface area (Å²) in [7, 11) is 0. The maximum atomic E-state index is 4.77. The van der Waals surface area contributed by atoms with Gasteiger partial charge in [-0.1, -0.05) is 0 Å². The summed E-state index contributed by atoms with van der Waals surface area (Å²) in [4.78, 5) is 13.1. The van der Waals surface area contributed by atoms with Crippen LogP contribution in [0.3, 0.4) is 0 Å². The Balaban J connectivity index is 1.65. The SMILES string of the molecule is C(=C1/CCCN=C1c1cccnc1)/c1cccn1Cc1ccncc1. The van der Waals surface area contributed by atoms with Crippen molar-refractivity contribution in [2.75, 3.05) is 6.54 Å². The molecule has 0 bridgehead atoms. The van der Waals surface area contributed by atoms with Crippen LogP contribution in [0.2, 0.25) is 0 Å². The second-order valence-corrected chi connectivity index (χ2v) is 6.16. The second kappa shape index (κ2) is 7.26. The Labute approximate surface area is 147 Å². The van der Waals surface area contributed by atoms with Gasteiger partial charge >= 0.3 is 0 Å². The van der Waals surface area contributed by atoms with Gasteiger partial charge in [0.05, 0.1) is 5.71 Å². The second-order valence-electron chi connectivity index (χ2n) is 6.16. The van der Waals surface area contributed by atoms with E-state index in [4.69, 9.17) is 4.99 Å². The summed E-state index contributed by atoms with van der Waals surface area (Å²) in [5.41, 5.74) is 5.91. The van der Waals surface area contributed by atoms with Crippen LogP contribution in [0.25, 0.3) is 6.08 Å². The predicted molar refractivity (Wildman–Crippen MR) is 101 cm³/mol. The number of allylic oxidation sites excluding steroid dienone is 1. The van der Waals surface area contributed by atoms with Crippen LogP contribution in [0, 0.1) is 0 Å². The lowest BCUT2D eigenvalue weighted by atomic mass is 9.96. The smallest absolute Gasteiger partial charge is 0.0694 e. The summed E-state index contributed by atoms with van der Waals surface area (Å²) in [5.74, 6) is 0. The zero-order valence-electron chi connectivity index (χ0n) is 14.0. The van der Waals surface area contributed by atoms with E-state index in [0.717, 1.165) is 37.2 Å². The molecule has 4 heteroatoms. The van der Waals surface area contributed by atoms with E-state index < -0.39 is 0 Å². The Morgan fingerprint density at radius 3 is 2.76 bits per heavy atom. The Morgan fingerprint density at radius 1 is 1.00 bits per heavy atom. The molecule has 0 saturated heterocycles. The van der Waals surface area contributed by atoms with Crippen LogP contribution in [0.15, 0.2) is 77.9 Å². The Morgan fingerprint density at radius 2 is 1.92 bits per heavy atom. The standard InChI is InChI=1S/C21H20N4/c1-5-19(15-23-9-1)21-18(4-2-10-24-21)14-20-6-3-13-25(20)16-17-7-11-22-12-8-17/h1,3,5-9,11-15H,2,4,10,16H2/b18-14+. The molecule has 0 fully saturated rings. The molecule has 0 atom stereocenters. The third-order valence-electron chi connectivity index (χ3n) is 4.40. The first kappa shape index (κ1) is 15.5. The molecule has 1 aliphatic rings. The summed E-state index contributed by atoms with van der Waals surface area (Å²) in [6.45, 7) is 1.73. The van der Waals surface area contributed by atoms with Crippen LogP contribution in [0.5, 0.6) is 0 Å². The van der Waals surface area contributed by atoms with Crippen molar-refractivity contribution < 1.29 is 0 Å². The van der Waals surface area contributed by atoms with Gasteiger partial charge < -0.3 is 4.57 Å². The number of aromatic nitrogens is 3. The predicted octanol–water partition coefficient (Wildman–Crippen LogP) is 3.99. The van der Waals surface area contributed by atoms with Gasteiger partial charge in [-0.15, -0.1) is 0 Å². The average molecular weight is 328 g/mol. The molecule has 0 aromatic carbocycles. The van der Waals surface area contributed by atoms with Gasteiger partial charge in [0.2, 0.25) is 0 Å². The molecule has 4 rings (SSSR count). The van der Waals surface area contributed by atoms with Crippen molar-refractivity contribution in [3.05, 3.63) is 89.8 Å². The van der Waals surface area contributed by atoms with Gasteiger partial charge in [0.25, 0.3) is 0 Å². The number of pyridine rings is 2. The van der Waals surface area contributed by atoms with Gasteiger partial charge in [-0.25, -0.2) is 0 Å². The molecule has 25 heavy (non-hydrogen) atoms. The first-order valence-corrected chi connectivity index (χ1v) is 8.60. The lowest BCUT2D eigenvalue weighted by molar-refractivity contribution is 0.791. The Hall–Kier alpha value is -3.01. The molecule has 4 nitrogen and oxygen atoms in total. The fraction of sp³-hybridized carbons (Fsp3) is 0.190. The van der Waals surface area contributed by atoms with E-state index in [2.05, 4.69) is 57.1 Å². The molecule has 0 aliphatic carbocycles. The Kier molecular flexibility index (Phi) is 4.51. The molecule has 124 valence electrons. The normalized spacial score (nSPS) is 16.0. The molecule has 3 aromatic rings. The van der Waals surface area contributed by atoms with Crippen molar-refractivity contribution in [1.82, 2.24) is 14.5 Å². The molecule has 1 aliphatic heterocycles. The molecule has 0 saturated carbocycles. The van der Waals surface area contributed by atoms with Crippen LogP contribution in [0.1, 0.15) is 29.7 Å². The number of hydrogen-bond acceptors (Lipinski definition) is 3. The zero-order valence-corrected chi connectivity index (χ0v) is 14.0. The van der Waals surface area contributed by atoms with E-state index in [-0.39, 0.29) is 0 Å². The topological polar surface area (TPSA) is 43.1 Å². The largest absolute Gasteiger partial charge is 0.344 e. The summed E-state index contributed by atoms with van der Waals surface area (Å²) in [6.07, 6.45) is 13.9. The van der Waals surface area contributed by atoms with Gasteiger partial charge in [-0.3, -0.25) is 15.0 Å². The lowest BCUT2D eigenvalue weighted by Gasteiger charge is -2.17. The molecular weight excluding hydrogens is 308 g/mol. The highest BCUT2D eigenvalue weighted by atomic mass is 15.0. The molecule has 0 unspecified atom stereocenters. The van der Waals surface area contributed by atoms with E-state index in [1.54, 1.807) is 6.20 Å². The minimum atomic E-state index is 0.841. The quantitative estimate of drug-likeness (QED) is 0.727. The number of aliphatic imine (C=N–C) groups is 1. The molecule has 0 N–H and O–H groups in total. The molecule has 0 amide bonds. The summed E-state index contributed by atoms with van der Waals surface area (Å²) in [6, 6.07) is 12.4. The van der Waals surface area contributed by atoms with Crippen molar-refractivity contribution in [3.63, 3.8) is 0 Å². The number of rotatable bonds is 4. The van der Waals surface area contributed by atoms with Gasteiger partial charge in [0, 0.05) is 55.3 Å². The zero-order chi connectivity index (χ0) is 16.9. The monoisotopic (exact) mass is 328 g/mol. The fourth-order valence-corrected chi connectivity index (χ4v) is 3.17. The first-order chi connectivity index (χ1) is 12.4. The van der Waals surface area contributed by atoms with Crippen molar-refractivity contribution in [2.24, 2.45) is 4.99 Å². The highest BCUT2D eigenvalue weighted by molar-refractivity contribution is 6.15. The van der Waals surface area contributed by atoms with Gasteiger partial charge in [0.15, 0.2) is 0 Å². The molecule has 0 spiro atoms. The van der Waals surface area contributed by atoms with Crippen LogP contribution in [-0.2, 0) is 6.54 Å². The average Bonchev–Trinajstić information content (AvgIpc) is 3.10. The van der Waals surface area contributed by atoms with Gasteiger partial charge in [-0.05, 0) is 66.5 Å². The number of nitrogens with zero attached hydrogens (tertiary/aromatic N) is 4. The fourth-order valence-electron chi connectivity index (χ4n) is 3.17. The first-order valence-electron chi connectivity index (χ1n) is 8.60. The molecule has 3 aromatic heterocycles.